The van der Waals surface area contributed by atoms with Gasteiger partial charge in [-0.2, -0.15) is 0 Å². The van der Waals surface area contributed by atoms with Gasteiger partial charge in [0, 0.05) is 11.3 Å². The van der Waals surface area contributed by atoms with Crippen molar-refractivity contribution >= 4 is 17.7 Å². The van der Waals surface area contributed by atoms with Crippen molar-refractivity contribution in [1.29, 1.82) is 0 Å². The molecule has 1 amide bonds. The molecule has 16 heavy (non-hydrogen) atoms. The van der Waals surface area contributed by atoms with E-state index in [0.29, 0.717) is 6.42 Å². The van der Waals surface area contributed by atoms with E-state index in [1.165, 1.54) is 0 Å². The van der Waals surface area contributed by atoms with Crippen molar-refractivity contribution in [3.05, 3.63) is 24.3 Å². The van der Waals surface area contributed by atoms with E-state index in [2.05, 4.69) is 5.43 Å². The Morgan fingerprint density at radius 2 is 2.38 bits per heavy atom. The molecule has 1 aromatic rings. The molecule has 0 fully saturated rings. The van der Waals surface area contributed by atoms with Gasteiger partial charge in [-0.1, -0.05) is 6.07 Å². The van der Waals surface area contributed by atoms with E-state index in [0.717, 1.165) is 22.8 Å². The number of hydrazine groups is 1. The number of thioether (sulfide) groups is 1. The highest BCUT2D eigenvalue weighted by Gasteiger charge is 2.00. The number of nitrogens with one attached hydrogen (secondary N) is 1. The number of benzene rings is 1. The zero-order chi connectivity index (χ0) is 11.8. The van der Waals surface area contributed by atoms with E-state index >= 15 is 0 Å². The van der Waals surface area contributed by atoms with Crippen molar-refractivity contribution in [3.8, 4) is 5.75 Å². The highest BCUT2D eigenvalue weighted by Crippen LogP contribution is 2.23. The first-order chi connectivity index (χ1) is 7.76. The molecule has 5 heteroatoms. The van der Waals surface area contributed by atoms with Crippen LogP contribution in [0.25, 0.3) is 0 Å². The number of carbonyl (C=O) groups is 1. The van der Waals surface area contributed by atoms with Crippen molar-refractivity contribution in [3.63, 3.8) is 0 Å². The summed E-state index contributed by atoms with van der Waals surface area (Å²) in [6, 6.07) is 7.86. The molecule has 0 radical (unpaired) electrons. The number of amides is 1. The molecule has 1 aromatic carbocycles. The number of hydrogen-bond donors (Lipinski definition) is 2. The Bertz CT molecular complexity index is 345. The minimum absolute atomic E-state index is 0.119. The lowest BCUT2D eigenvalue weighted by Crippen LogP contribution is -2.29. The molecule has 0 aliphatic rings. The lowest BCUT2D eigenvalue weighted by molar-refractivity contribution is -0.121. The first-order valence-corrected chi connectivity index (χ1v) is 6.01. The Labute approximate surface area is 99.5 Å². The zero-order valence-corrected chi connectivity index (χ0v) is 10.0. The SMILES string of the molecule is COc1cccc(SCCCC(=O)NN)c1. The van der Waals surface area contributed by atoms with Gasteiger partial charge in [-0.25, -0.2) is 5.84 Å². The molecule has 0 heterocycles. The first kappa shape index (κ1) is 12.9. The Morgan fingerprint density at radius 1 is 1.56 bits per heavy atom. The van der Waals surface area contributed by atoms with Crippen molar-refractivity contribution in [2.24, 2.45) is 5.84 Å². The third kappa shape index (κ3) is 4.55. The summed E-state index contributed by atoms with van der Waals surface area (Å²) in [7, 11) is 1.65. The minimum Gasteiger partial charge on any atom is -0.497 e. The van der Waals surface area contributed by atoms with Crippen LogP contribution in [-0.2, 0) is 4.79 Å². The number of ether oxygens (including phenoxy) is 1. The van der Waals surface area contributed by atoms with E-state index in [-0.39, 0.29) is 5.91 Å². The lowest BCUT2D eigenvalue weighted by Gasteiger charge is -2.04. The van der Waals surface area contributed by atoms with Crippen LogP contribution in [0, 0.1) is 0 Å². The lowest BCUT2D eigenvalue weighted by atomic mass is 10.3. The molecule has 0 aliphatic carbocycles. The number of rotatable bonds is 6. The average Bonchev–Trinajstić information content (AvgIpc) is 2.34. The molecule has 4 nitrogen and oxygen atoms in total. The summed E-state index contributed by atoms with van der Waals surface area (Å²) in [6.45, 7) is 0. The summed E-state index contributed by atoms with van der Waals surface area (Å²) in [5.41, 5.74) is 2.11. The Balaban J connectivity index is 2.28. The van der Waals surface area contributed by atoms with Crippen molar-refractivity contribution in [2.45, 2.75) is 17.7 Å². The fraction of sp³-hybridized carbons (Fsp3) is 0.364. The van der Waals surface area contributed by atoms with Gasteiger partial charge < -0.3 is 4.74 Å². The fourth-order valence-corrected chi connectivity index (χ4v) is 2.08. The molecule has 0 aliphatic heterocycles. The third-order valence-electron chi connectivity index (χ3n) is 2.02. The summed E-state index contributed by atoms with van der Waals surface area (Å²) >= 11 is 1.70. The number of carbonyl (C=O) groups excluding carboxylic acids is 1. The van der Waals surface area contributed by atoms with E-state index < -0.39 is 0 Å². The van der Waals surface area contributed by atoms with Gasteiger partial charge in [-0.3, -0.25) is 10.2 Å². The Morgan fingerprint density at radius 3 is 3.06 bits per heavy atom. The highest BCUT2D eigenvalue weighted by atomic mass is 32.2. The molecule has 0 spiro atoms. The molecule has 0 aromatic heterocycles. The van der Waals surface area contributed by atoms with Crippen LogP contribution in [0.15, 0.2) is 29.2 Å². The van der Waals surface area contributed by atoms with Gasteiger partial charge in [-0.15, -0.1) is 11.8 Å². The van der Waals surface area contributed by atoms with Gasteiger partial charge in [0.15, 0.2) is 0 Å². The summed E-state index contributed by atoms with van der Waals surface area (Å²) in [5, 5.41) is 0. The quantitative estimate of drug-likeness (QED) is 0.260. The number of methoxy groups -OCH3 is 1. The first-order valence-electron chi connectivity index (χ1n) is 5.02. The van der Waals surface area contributed by atoms with Crippen LogP contribution >= 0.6 is 11.8 Å². The Hall–Kier alpha value is -1.20. The van der Waals surface area contributed by atoms with Crippen molar-refractivity contribution in [2.75, 3.05) is 12.9 Å². The van der Waals surface area contributed by atoms with E-state index in [1.807, 2.05) is 24.3 Å². The monoisotopic (exact) mass is 240 g/mol. The van der Waals surface area contributed by atoms with Crippen LogP contribution in [0.1, 0.15) is 12.8 Å². The van der Waals surface area contributed by atoms with E-state index in [9.17, 15) is 4.79 Å². The van der Waals surface area contributed by atoms with Crippen LogP contribution < -0.4 is 16.0 Å². The fourth-order valence-electron chi connectivity index (χ4n) is 1.19. The maximum absolute atomic E-state index is 10.9. The maximum Gasteiger partial charge on any atom is 0.233 e. The second kappa shape index (κ2) is 7.14. The molecule has 0 bridgehead atoms. The van der Waals surface area contributed by atoms with E-state index in [1.54, 1.807) is 18.9 Å². The third-order valence-corrected chi connectivity index (χ3v) is 3.10. The molecule has 0 saturated heterocycles. The van der Waals surface area contributed by atoms with Crippen LogP contribution in [0.3, 0.4) is 0 Å². The molecule has 3 N–H and O–H groups in total. The summed E-state index contributed by atoms with van der Waals surface area (Å²) in [6.07, 6.45) is 1.28. The Kier molecular flexibility index (Phi) is 5.74. The molecule has 0 atom stereocenters. The number of nitrogens with two attached hydrogens (primary N) is 1. The van der Waals surface area contributed by atoms with Gasteiger partial charge in [-0.05, 0) is 30.4 Å². The standard InChI is InChI=1S/C11H16N2O2S/c1-15-9-4-2-5-10(8-9)16-7-3-6-11(14)13-12/h2,4-5,8H,3,6-7,12H2,1H3,(H,13,14). The normalized spacial score (nSPS) is 9.88. The molecular weight excluding hydrogens is 224 g/mol. The van der Waals surface area contributed by atoms with Crippen LogP contribution in [-0.4, -0.2) is 18.8 Å². The second-order valence-electron chi connectivity index (χ2n) is 3.20. The predicted octanol–water partition coefficient (Wildman–Crippen LogP) is 1.56. The van der Waals surface area contributed by atoms with Gasteiger partial charge in [0.1, 0.15) is 5.75 Å². The molecule has 88 valence electrons. The van der Waals surface area contributed by atoms with Gasteiger partial charge in [0.05, 0.1) is 7.11 Å². The van der Waals surface area contributed by atoms with Gasteiger partial charge >= 0.3 is 0 Å². The topological polar surface area (TPSA) is 64.3 Å². The summed E-state index contributed by atoms with van der Waals surface area (Å²) in [5.74, 6) is 6.60. The van der Waals surface area contributed by atoms with Gasteiger partial charge in [0.25, 0.3) is 0 Å². The largest absolute Gasteiger partial charge is 0.497 e. The minimum atomic E-state index is -0.119. The highest BCUT2D eigenvalue weighted by molar-refractivity contribution is 7.99. The average molecular weight is 240 g/mol. The maximum atomic E-state index is 10.9. The smallest absolute Gasteiger partial charge is 0.233 e. The van der Waals surface area contributed by atoms with Crippen LogP contribution in [0.5, 0.6) is 5.75 Å². The molecule has 0 unspecified atom stereocenters. The molecule has 0 saturated carbocycles. The second-order valence-corrected chi connectivity index (χ2v) is 4.37. The molecule has 1 rings (SSSR count). The zero-order valence-electron chi connectivity index (χ0n) is 9.23. The summed E-state index contributed by atoms with van der Waals surface area (Å²) in [4.78, 5) is 12.0. The van der Waals surface area contributed by atoms with E-state index in [4.69, 9.17) is 10.6 Å². The number of hydrogen-bond acceptors (Lipinski definition) is 4. The van der Waals surface area contributed by atoms with Crippen LogP contribution in [0.4, 0.5) is 0 Å². The van der Waals surface area contributed by atoms with Crippen molar-refractivity contribution < 1.29 is 9.53 Å². The van der Waals surface area contributed by atoms with Crippen LogP contribution in [0.2, 0.25) is 0 Å². The predicted molar refractivity (Wildman–Crippen MR) is 65.3 cm³/mol. The summed E-state index contributed by atoms with van der Waals surface area (Å²) < 4.78 is 5.12. The van der Waals surface area contributed by atoms with Crippen molar-refractivity contribution in [1.82, 2.24) is 5.43 Å². The van der Waals surface area contributed by atoms with Gasteiger partial charge in [0.2, 0.25) is 5.91 Å². The molecular formula is C11H16N2O2S.